The van der Waals surface area contributed by atoms with Crippen LogP contribution in [0, 0.1) is 17.8 Å². The van der Waals surface area contributed by atoms with Crippen LogP contribution >= 0.6 is 0 Å². The van der Waals surface area contributed by atoms with Gasteiger partial charge in [0.2, 0.25) is 0 Å². The van der Waals surface area contributed by atoms with Crippen molar-refractivity contribution >= 4 is 0 Å². The quantitative estimate of drug-likeness (QED) is 0.756. The molecule has 1 rings (SSSR count). The number of nitrogens with one attached hydrogen (secondary N) is 1. The van der Waals surface area contributed by atoms with Gasteiger partial charge in [0.15, 0.2) is 0 Å². The van der Waals surface area contributed by atoms with Gasteiger partial charge < -0.3 is 10.2 Å². The van der Waals surface area contributed by atoms with E-state index in [0.717, 1.165) is 23.8 Å². The lowest BCUT2D eigenvalue weighted by atomic mass is 9.79. The number of likely N-dealkylation sites (N-methyl/N-ethyl adjacent to an activating group) is 1. The third-order valence-electron chi connectivity index (χ3n) is 4.53. The molecule has 19 heavy (non-hydrogen) atoms. The second-order valence-corrected chi connectivity index (χ2v) is 7.61. The van der Waals surface area contributed by atoms with E-state index in [0.29, 0.717) is 6.04 Å². The van der Waals surface area contributed by atoms with Gasteiger partial charge in [-0.15, -0.1) is 0 Å². The van der Waals surface area contributed by atoms with Gasteiger partial charge in [0.25, 0.3) is 0 Å². The highest BCUT2D eigenvalue weighted by molar-refractivity contribution is 4.82. The number of rotatable bonds is 7. The molecule has 2 nitrogen and oxygen atoms in total. The minimum absolute atomic E-state index is 0.663. The van der Waals surface area contributed by atoms with Gasteiger partial charge in [-0.3, -0.25) is 0 Å². The zero-order chi connectivity index (χ0) is 14.4. The Bertz CT molecular complexity index is 217. The van der Waals surface area contributed by atoms with Gasteiger partial charge in [0.1, 0.15) is 0 Å². The summed E-state index contributed by atoms with van der Waals surface area (Å²) < 4.78 is 0. The molecule has 1 N–H and O–H groups in total. The van der Waals surface area contributed by atoms with Crippen molar-refractivity contribution < 1.29 is 0 Å². The molecule has 0 saturated heterocycles. The van der Waals surface area contributed by atoms with Crippen molar-refractivity contribution in [3.63, 3.8) is 0 Å². The summed E-state index contributed by atoms with van der Waals surface area (Å²) in [4.78, 5) is 2.32. The third-order valence-corrected chi connectivity index (χ3v) is 4.53. The van der Waals surface area contributed by atoms with E-state index in [1.807, 2.05) is 0 Å². The maximum Gasteiger partial charge on any atom is 0.0199 e. The van der Waals surface area contributed by atoms with Crippen LogP contribution < -0.4 is 5.32 Å². The van der Waals surface area contributed by atoms with Gasteiger partial charge in [0, 0.05) is 18.6 Å². The summed E-state index contributed by atoms with van der Waals surface area (Å²) in [6, 6.07) is 1.43. The number of hydrogen-bond acceptors (Lipinski definition) is 2. The molecule has 1 unspecified atom stereocenters. The summed E-state index contributed by atoms with van der Waals surface area (Å²) in [5, 5.41) is 3.94. The molecule has 1 saturated carbocycles. The van der Waals surface area contributed by atoms with Crippen LogP contribution in [0.5, 0.6) is 0 Å². The largest absolute Gasteiger partial charge is 0.310 e. The Morgan fingerprint density at radius 1 is 1.00 bits per heavy atom. The van der Waals surface area contributed by atoms with E-state index in [1.54, 1.807) is 0 Å². The van der Waals surface area contributed by atoms with Gasteiger partial charge >= 0.3 is 0 Å². The highest BCUT2D eigenvalue weighted by Crippen LogP contribution is 2.30. The first-order valence-corrected chi connectivity index (χ1v) is 8.29. The first kappa shape index (κ1) is 17.0. The second kappa shape index (κ2) is 8.26. The Hall–Kier alpha value is -0.0800. The molecule has 0 heterocycles. The Morgan fingerprint density at radius 3 is 2.00 bits per heavy atom. The molecule has 114 valence electrons. The van der Waals surface area contributed by atoms with Crippen LogP contribution in [0.25, 0.3) is 0 Å². The van der Waals surface area contributed by atoms with E-state index in [2.05, 4.69) is 52.0 Å². The van der Waals surface area contributed by atoms with E-state index < -0.39 is 0 Å². The van der Waals surface area contributed by atoms with E-state index >= 15 is 0 Å². The minimum atomic E-state index is 0.663. The zero-order valence-electron chi connectivity index (χ0n) is 14.1. The lowest BCUT2D eigenvalue weighted by Gasteiger charge is -2.35. The molecular formula is C17H36N2. The van der Waals surface area contributed by atoms with Crippen molar-refractivity contribution in [2.45, 2.75) is 71.9 Å². The van der Waals surface area contributed by atoms with Crippen molar-refractivity contribution in [3.8, 4) is 0 Å². The standard InChI is InChI=1S/C17H36N2/c1-13(2)11-17(12-19(5)6)18-16-9-7-15(8-10-16)14(3)4/h13-18H,7-12H2,1-6H3. The maximum atomic E-state index is 3.94. The third kappa shape index (κ3) is 6.76. The van der Waals surface area contributed by atoms with Gasteiger partial charge in [-0.05, 0) is 64.0 Å². The highest BCUT2D eigenvalue weighted by atomic mass is 15.1. The summed E-state index contributed by atoms with van der Waals surface area (Å²) >= 11 is 0. The van der Waals surface area contributed by atoms with Crippen LogP contribution in [0.15, 0.2) is 0 Å². The Kier molecular flexibility index (Phi) is 7.38. The molecule has 1 fully saturated rings. The average molecular weight is 268 g/mol. The first-order valence-electron chi connectivity index (χ1n) is 8.29. The minimum Gasteiger partial charge on any atom is -0.310 e. The molecule has 0 bridgehead atoms. The Balaban J connectivity index is 2.38. The van der Waals surface area contributed by atoms with E-state index in [4.69, 9.17) is 0 Å². The van der Waals surface area contributed by atoms with Crippen LogP contribution in [0.2, 0.25) is 0 Å². The monoisotopic (exact) mass is 268 g/mol. The Morgan fingerprint density at radius 2 is 1.58 bits per heavy atom. The van der Waals surface area contributed by atoms with Crippen LogP contribution in [0.3, 0.4) is 0 Å². The van der Waals surface area contributed by atoms with Crippen LogP contribution in [0.4, 0.5) is 0 Å². The van der Waals surface area contributed by atoms with E-state index in [1.165, 1.54) is 38.6 Å². The Labute approximate surface area is 121 Å². The fraction of sp³-hybridized carbons (Fsp3) is 1.00. The van der Waals surface area contributed by atoms with Gasteiger partial charge in [0.05, 0.1) is 0 Å². The summed E-state index contributed by atoms with van der Waals surface area (Å²) in [5.74, 6) is 2.62. The molecule has 0 radical (unpaired) electrons. The highest BCUT2D eigenvalue weighted by Gasteiger charge is 2.25. The molecule has 1 atom stereocenters. The molecule has 0 amide bonds. The predicted molar refractivity (Wildman–Crippen MR) is 85.5 cm³/mol. The molecule has 0 spiro atoms. The summed E-state index contributed by atoms with van der Waals surface area (Å²) in [7, 11) is 4.37. The van der Waals surface area contributed by atoms with Crippen molar-refractivity contribution in [1.29, 1.82) is 0 Å². The molecule has 1 aliphatic rings. The van der Waals surface area contributed by atoms with Crippen LogP contribution in [-0.4, -0.2) is 37.6 Å². The fourth-order valence-electron chi connectivity index (χ4n) is 3.49. The summed E-state index contributed by atoms with van der Waals surface area (Å²) in [6.45, 7) is 10.6. The lowest BCUT2D eigenvalue weighted by Crippen LogP contribution is -2.46. The topological polar surface area (TPSA) is 15.3 Å². The smallest absolute Gasteiger partial charge is 0.0199 e. The van der Waals surface area contributed by atoms with E-state index in [-0.39, 0.29) is 0 Å². The van der Waals surface area contributed by atoms with Crippen molar-refractivity contribution in [2.75, 3.05) is 20.6 Å². The van der Waals surface area contributed by atoms with E-state index in [9.17, 15) is 0 Å². The van der Waals surface area contributed by atoms with Gasteiger partial charge in [-0.2, -0.15) is 0 Å². The SMILES string of the molecule is CC(C)CC(CN(C)C)NC1CCC(C(C)C)CC1. The second-order valence-electron chi connectivity index (χ2n) is 7.61. The van der Waals surface area contributed by atoms with Crippen molar-refractivity contribution in [1.82, 2.24) is 10.2 Å². The molecule has 2 heteroatoms. The maximum absolute atomic E-state index is 3.94. The summed E-state index contributed by atoms with van der Waals surface area (Å²) in [5.41, 5.74) is 0. The predicted octanol–water partition coefficient (Wildman–Crippen LogP) is 3.77. The summed E-state index contributed by atoms with van der Waals surface area (Å²) in [6.07, 6.45) is 6.90. The van der Waals surface area contributed by atoms with Crippen molar-refractivity contribution in [3.05, 3.63) is 0 Å². The van der Waals surface area contributed by atoms with Crippen LogP contribution in [0.1, 0.15) is 59.8 Å². The van der Waals surface area contributed by atoms with Crippen LogP contribution in [-0.2, 0) is 0 Å². The van der Waals surface area contributed by atoms with Gasteiger partial charge in [-0.25, -0.2) is 0 Å². The van der Waals surface area contributed by atoms with Gasteiger partial charge in [-0.1, -0.05) is 27.7 Å². The fourth-order valence-corrected chi connectivity index (χ4v) is 3.49. The molecule has 0 aromatic heterocycles. The number of hydrogen-bond donors (Lipinski definition) is 1. The molecule has 0 aliphatic heterocycles. The molecule has 1 aliphatic carbocycles. The molecule has 0 aromatic carbocycles. The normalized spacial score (nSPS) is 26.4. The zero-order valence-corrected chi connectivity index (χ0v) is 14.1. The molecular weight excluding hydrogens is 232 g/mol. The molecule has 0 aromatic rings. The lowest BCUT2D eigenvalue weighted by molar-refractivity contribution is 0.209. The first-order chi connectivity index (χ1) is 8.88. The average Bonchev–Trinajstić information content (AvgIpc) is 2.27. The van der Waals surface area contributed by atoms with Crippen molar-refractivity contribution in [2.24, 2.45) is 17.8 Å². The number of nitrogens with zero attached hydrogens (tertiary/aromatic N) is 1.